The van der Waals surface area contributed by atoms with Gasteiger partial charge in [0.2, 0.25) is 0 Å². The van der Waals surface area contributed by atoms with Crippen molar-refractivity contribution in [2.24, 2.45) is 0 Å². The Kier molecular flexibility index (Phi) is 5.24. The van der Waals surface area contributed by atoms with Crippen molar-refractivity contribution in [2.75, 3.05) is 32.0 Å². The van der Waals surface area contributed by atoms with Crippen LogP contribution < -0.4 is 15.8 Å². The first-order chi connectivity index (χ1) is 9.65. The predicted molar refractivity (Wildman–Crippen MR) is 79.6 cm³/mol. The Morgan fingerprint density at radius 2 is 2.10 bits per heavy atom. The van der Waals surface area contributed by atoms with Gasteiger partial charge in [-0.25, -0.2) is 0 Å². The van der Waals surface area contributed by atoms with E-state index < -0.39 is 0 Å². The quantitative estimate of drug-likeness (QED) is 0.768. The van der Waals surface area contributed by atoms with Crippen LogP contribution in [0, 0.1) is 0 Å². The van der Waals surface area contributed by atoms with Gasteiger partial charge in [-0.15, -0.1) is 0 Å². The summed E-state index contributed by atoms with van der Waals surface area (Å²) in [5.74, 6) is 0.440. The van der Waals surface area contributed by atoms with E-state index in [2.05, 4.69) is 10.2 Å². The zero-order valence-electron chi connectivity index (χ0n) is 12.0. The molecule has 1 fully saturated rings. The highest BCUT2D eigenvalue weighted by Crippen LogP contribution is 2.19. The average molecular weight is 277 g/mol. The second-order valence-corrected chi connectivity index (χ2v) is 5.30. The molecule has 0 radical (unpaired) electrons. The molecule has 1 amide bonds. The van der Waals surface area contributed by atoms with Crippen molar-refractivity contribution in [3.8, 4) is 5.75 Å². The fourth-order valence-corrected chi connectivity index (χ4v) is 2.47. The highest BCUT2D eigenvalue weighted by Gasteiger charge is 2.16. The van der Waals surface area contributed by atoms with Crippen LogP contribution in [0.4, 0.5) is 5.69 Å². The minimum absolute atomic E-state index is 0.00144. The molecule has 1 aliphatic rings. The highest BCUT2D eigenvalue weighted by molar-refractivity contribution is 5.78. The van der Waals surface area contributed by atoms with E-state index in [0.717, 1.165) is 19.6 Å². The van der Waals surface area contributed by atoms with Crippen molar-refractivity contribution in [3.63, 3.8) is 0 Å². The summed E-state index contributed by atoms with van der Waals surface area (Å²) in [4.78, 5) is 14.2. The van der Waals surface area contributed by atoms with E-state index in [0.29, 0.717) is 11.4 Å². The van der Waals surface area contributed by atoms with Crippen LogP contribution in [0.15, 0.2) is 24.3 Å². The van der Waals surface area contributed by atoms with E-state index >= 15 is 0 Å². The first kappa shape index (κ1) is 14.7. The molecule has 0 aromatic heterocycles. The summed E-state index contributed by atoms with van der Waals surface area (Å²) in [5, 5.41) is 2.95. The van der Waals surface area contributed by atoms with Gasteiger partial charge in [0.25, 0.3) is 5.91 Å². The number of amides is 1. The number of benzene rings is 1. The maximum atomic E-state index is 11.8. The molecule has 1 saturated heterocycles. The number of ether oxygens (including phenoxy) is 1. The van der Waals surface area contributed by atoms with E-state index in [1.807, 2.05) is 19.1 Å². The van der Waals surface area contributed by atoms with Crippen LogP contribution in [0.25, 0.3) is 0 Å². The molecule has 3 N–H and O–H groups in total. The number of carbonyl (C=O) groups excluding carboxylic acids is 1. The summed E-state index contributed by atoms with van der Waals surface area (Å²) in [6, 6.07) is 7.32. The Morgan fingerprint density at radius 3 is 2.80 bits per heavy atom. The van der Waals surface area contributed by atoms with Crippen molar-refractivity contribution in [1.82, 2.24) is 10.2 Å². The fraction of sp³-hybridized carbons (Fsp3) is 0.533. The molecule has 5 heteroatoms. The van der Waals surface area contributed by atoms with Gasteiger partial charge in [0, 0.05) is 12.6 Å². The third kappa shape index (κ3) is 4.42. The van der Waals surface area contributed by atoms with Crippen LogP contribution in [0.3, 0.4) is 0 Å². The van der Waals surface area contributed by atoms with Gasteiger partial charge in [-0.2, -0.15) is 0 Å². The molecule has 1 aliphatic heterocycles. The number of likely N-dealkylation sites (tertiary alicyclic amines) is 1. The minimum atomic E-state index is -0.111. The maximum absolute atomic E-state index is 11.8. The average Bonchev–Trinajstić information content (AvgIpc) is 2.90. The molecule has 1 unspecified atom stereocenters. The lowest BCUT2D eigenvalue weighted by Crippen LogP contribution is -2.42. The monoisotopic (exact) mass is 277 g/mol. The Hall–Kier alpha value is -1.75. The summed E-state index contributed by atoms with van der Waals surface area (Å²) in [6.07, 6.45) is 2.52. The molecule has 0 aliphatic carbocycles. The molecule has 5 nitrogen and oxygen atoms in total. The molecule has 0 bridgehead atoms. The van der Waals surface area contributed by atoms with E-state index in [4.69, 9.17) is 10.5 Å². The molecular formula is C15H23N3O2. The molecule has 0 spiro atoms. The lowest BCUT2D eigenvalue weighted by Gasteiger charge is -2.21. The second kappa shape index (κ2) is 7.14. The maximum Gasteiger partial charge on any atom is 0.258 e. The van der Waals surface area contributed by atoms with Crippen LogP contribution in [0.1, 0.15) is 19.8 Å². The Balaban J connectivity index is 1.70. The number of nitrogens with zero attached hydrogens (tertiary/aromatic N) is 1. The smallest absolute Gasteiger partial charge is 0.258 e. The van der Waals surface area contributed by atoms with E-state index in [1.54, 1.807) is 12.1 Å². The molecule has 1 aromatic carbocycles. The summed E-state index contributed by atoms with van der Waals surface area (Å²) in [6.45, 7) is 5.19. The molecule has 1 aromatic rings. The van der Waals surface area contributed by atoms with Crippen molar-refractivity contribution >= 4 is 11.6 Å². The lowest BCUT2D eigenvalue weighted by molar-refractivity contribution is -0.123. The lowest BCUT2D eigenvalue weighted by atomic mass is 10.3. The molecule has 1 heterocycles. The van der Waals surface area contributed by atoms with Crippen molar-refractivity contribution < 1.29 is 9.53 Å². The number of carbonyl (C=O) groups is 1. The van der Waals surface area contributed by atoms with Gasteiger partial charge in [0.05, 0.1) is 5.69 Å². The predicted octanol–water partition coefficient (Wildman–Crippen LogP) is 1.25. The third-order valence-corrected chi connectivity index (χ3v) is 3.42. The summed E-state index contributed by atoms with van der Waals surface area (Å²) in [7, 11) is 0. The molecule has 0 saturated carbocycles. The topological polar surface area (TPSA) is 67.6 Å². The first-order valence-corrected chi connectivity index (χ1v) is 7.14. The van der Waals surface area contributed by atoms with E-state index in [9.17, 15) is 4.79 Å². The molecule has 110 valence electrons. The van der Waals surface area contributed by atoms with Gasteiger partial charge < -0.3 is 20.7 Å². The number of anilines is 1. The van der Waals surface area contributed by atoms with Gasteiger partial charge in [-0.1, -0.05) is 12.1 Å². The van der Waals surface area contributed by atoms with Gasteiger partial charge in [0.15, 0.2) is 6.61 Å². The van der Waals surface area contributed by atoms with Gasteiger partial charge in [-0.05, 0) is 45.0 Å². The Labute approximate surface area is 120 Å². The second-order valence-electron chi connectivity index (χ2n) is 5.30. The largest absolute Gasteiger partial charge is 0.482 e. The zero-order chi connectivity index (χ0) is 14.4. The van der Waals surface area contributed by atoms with E-state index in [1.165, 1.54) is 12.8 Å². The number of para-hydroxylation sites is 2. The number of hydrogen-bond acceptors (Lipinski definition) is 4. The van der Waals surface area contributed by atoms with Crippen LogP contribution in [-0.2, 0) is 4.79 Å². The van der Waals surface area contributed by atoms with Crippen molar-refractivity contribution in [2.45, 2.75) is 25.8 Å². The Bertz CT molecular complexity index is 444. The minimum Gasteiger partial charge on any atom is -0.482 e. The van der Waals surface area contributed by atoms with Crippen LogP contribution >= 0.6 is 0 Å². The number of nitrogens with one attached hydrogen (secondary N) is 1. The first-order valence-electron chi connectivity index (χ1n) is 7.14. The normalized spacial score (nSPS) is 16.9. The number of nitrogens with two attached hydrogens (primary N) is 1. The van der Waals surface area contributed by atoms with Crippen LogP contribution in [-0.4, -0.2) is 43.1 Å². The SMILES string of the molecule is CC(CN1CCCC1)NC(=O)COc1ccccc1N. The summed E-state index contributed by atoms with van der Waals surface area (Å²) < 4.78 is 5.42. The summed E-state index contributed by atoms with van der Waals surface area (Å²) >= 11 is 0. The highest BCUT2D eigenvalue weighted by atomic mass is 16.5. The molecule has 2 rings (SSSR count). The van der Waals surface area contributed by atoms with Crippen molar-refractivity contribution in [3.05, 3.63) is 24.3 Å². The Morgan fingerprint density at radius 1 is 1.40 bits per heavy atom. The van der Waals surface area contributed by atoms with Gasteiger partial charge >= 0.3 is 0 Å². The summed E-state index contributed by atoms with van der Waals surface area (Å²) in [5.41, 5.74) is 6.30. The molecule has 1 atom stereocenters. The zero-order valence-corrected chi connectivity index (χ0v) is 12.0. The molecule has 20 heavy (non-hydrogen) atoms. The standard InChI is InChI=1S/C15H23N3O2/c1-12(10-18-8-4-5-9-18)17-15(19)11-20-14-7-3-2-6-13(14)16/h2-3,6-7,12H,4-5,8-11,16H2,1H3,(H,17,19). The van der Waals surface area contributed by atoms with Crippen LogP contribution in [0.2, 0.25) is 0 Å². The van der Waals surface area contributed by atoms with Gasteiger partial charge in [-0.3, -0.25) is 4.79 Å². The van der Waals surface area contributed by atoms with Crippen LogP contribution in [0.5, 0.6) is 5.75 Å². The van der Waals surface area contributed by atoms with Gasteiger partial charge in [0.1, 0.15) is 5.75 Å². The third-order valence-electron chi connectivity index (χ3n) is 3.42. The van der Waals surface area contributed by atoms with E-state index in [-0.39, 0.29) is 18.6 Å². The number of rotatable bonds is 6. The van der Waals surface area contributed by atoms with Crippen molar-refractivity contribution in [1.29, 1.82) is 0 Å². The molecular weight excluding hydrogens is 254 g/mol. The fourth-order valence-electron chi connectivity index (χ4n) is 2.47. The number of hydrogen-bond donors (Lipinski definition) is 2. The number of nitrogen functional groups attached to an aromatic ring is 1.